The van der Waals surface area contributed by atoms with Crippen molar-refractivity contribution in [3.05, 3.63) is 29.8 Å². The third-order valence-electron chi connectivity index (χ3n) is 3.81. The van der Waals surface area contributed by atoms with Gasteiger partial charge in [0.25, 0.3) is 0 Å². The fourth-order valence-electron chi connectivity index (χ4n) is 2.61. The fourth-order valence-corrected chi connectivity index (χ4v) is 2.61. The first-order valence-corrected chi connectivity index (χ1v) is 6.84. The van der Waals surface area contributed by atoms with E-state index in [9.17, 15) is 0 Å². The molecule has 0 spiro atoms. The van der Waals surface area contributed by atoms with E-state index in [0.29, 0.717) is 5.92 Å². The maximum Gasteiger partial charge on any atom is 0.0508 e. The number of nitrogens with two attached hydrogens (primary N) is 1. The van der Waals surface area contributed by atoms with Crippen molar-refractivity contribution < 1.29 is 4.74 Å². The van der Waals surface area contributed by atoms with Crippen molar-refractivity contribution in [2.24, 2.45) is 11.7 Å². The molecule has 2 atom stereocenters. The summed E-state index contributed by atoms with van der Waals surface area (Å²) >= 11 is 0. The Bertz CT molecular complexity index is 363. The highest BCUT2D eigenvalue weighted by atomic mass is 16.5. The van der Waals surface area contributed by atoms with E-state index in [1.54, 1.807) is 7.11 Å². The zero-order valence-electron chi connectivity index (χ0n) is 11.4. The molecule has 1 aliphatic heterocycles. The molecule has 0 radical (unpaired) electrons. The Morgan fingerprint density at radius 2 is 2.11 bits per heavy atom. The Hall–Kier alpha value is -1.06. The standard InChI is InChI=1S/C15H24N2O/c1-3-15(16)13-4-6-14(7-5-13)17-9-8-12(10-17)11-18-2/h4-7,12,15H,3,8-11,16H2,1-2H3/t12?,15-/m0/s1. The van der Waals surface area contributed by atoms with Crippen molar-refractivity contribution >= 4 is 5.69 Å². The van der Waals surface area contributed by atoms with Crippen molar-refractivity contribution in [2.75, 3.05) is 31.7 Å². The van der Waals surface area contributed by atoms with Gasteiger partial charge in [-0.1, -0.05) is 19.1 Å². The second-order valence-corrected chi connectivity index (χ2v) is 5.16. The quantitative estimate of drug-likeness (QED) is 0.870. The van der Waals surface area contributed by atoms with Crippen LogP contribution in [0.1, 0.15) is 31.4 Å². The second-order valence-electron chi connectivity index (χ2n) is 5.16. The zero-order valence-corrected chi connectivity index (χ0v) is 11.4. The molecule has 1 heterocycles. The van der Waals surface area contributed by atoms with Gasteiger partial charge in [0.15, 0.2) is 0 Å². The lowest BCUT2D eigenvalue weighted by atomic mass is 10.1. The first kappa shape index (κ1) is 13.4. The van der Waals surface area contributed by atoms with Gasteiger partial charge in [0.05, 0.1) is 6.61 Å². The molecule has 0 saturated carbocycles. The molecule has 0 bridgehead atoms. The molecule has 0 aliphatic carbocycles. The highest BCUT2D eigenvalue weighted by molar-refractivity contribution is 5.48. The van der Waals surface area contributed by atoms with Gasteiger partial charge < -0.3 is 15.4 Å². The SMILES string of the molecule is CC[C@H](N)c1ccc(N2CCC(COC)C2)cc1. The second kappa shape index (κ2) is 6.21. The van der Waals surface area contributed by atoms with Crippen molar-refractivity contribution in [2.45, 2.75) is 25.8 Å². The molecule has 3 nitrogen and oxygen atoms in total. The van der Waals surface area contributed by atoms with Crippen LogP contribution < -0.4 is 10.6 Å². The number of benzene rings is 1. The van der Waals surface area contributed by atoms with E-state index in [4.69, 9.17) is 10.5 Å². The van der Waals surface area contributed by atoms with Crippen molar-refractivity contribution in [3.8, 4) is 0 Å². The number of hydrogen-bond acceptors (Lipinski definition) is 3. The summed E-state index contributed by atoms with van der Waals surface area (Å²) in [6, 6.07) is 8.87. The summed E-state index contributed by atoms with van der Waals surface area (Å²) < 4.78 is 5.23. The normalized spacial score (nSPS) is 21.3. The molecule has 1 aromatic carbocycles. The molecular weight excluding hydrogens is 224 g/mol. The number of ether oxygens (including phenoxy) is 1. The van der Waals surface area contributed by atoms with Gasteiger partial charge in [-0.15, -0.1) is 0 Å². The largest absolute Gasteiger partial charge is 0.384 e. The van der Waals surface area contributed by atoms with Gasteiger partial charge in [0.2, 0.25) is 0 Å². The molecule has 2 rings (SSSR count). The Labute approximate surface area is 110 Å². The summed E-state index contributed by atoms with van der Waals surface area (Å²) in [5, 5.41) is 0. The molecule has 2 N–H and O–H groups in total. The van der Waals surface area contributed by atoms with Gasteiger partial charge in [-0.25, -0.2) is 0 Å². The van der Waals surface area contributed by atoms with E-state index in [-0.39, 0.29) is 6.04 Å². The van der Waals surface area contributed by atoms with Crippen LogP contribution in [-0.4, -0.2) is 26.8 Å². The third-order valence-corrected chi connectivity index (χ3v) is 3.81. The maximum atomic E-state index is 6.03. The smallest absolute Gasteiger partial charge is 0.0508 e. The number of anilines is 1. The van der Waals surface area contributed by atoms with Crippen LogP contribution in [0.3, 0.4) is 0 Å². The Kier molecular flexibility index (Phi) is 4.61. The van der Waals surface area contributed by atoms with E-state index >= 15 is 0 Å². The molecule has 1 aliphatic rings. The number of methoxy groups -OCH3 is 1. The fraction of sp³-hybridized carbons (Fsp3) is 0.600. The monoisotopic (exact) mass is 248 g/mol. The molecule has 1 aromatic rings. The maximum absolute atomic E-state index is 6.03. The molecule has 0 aromatic heterocycles. The number of nitrogens with zero attached hydrogens (tertiary/aromatic N) is 1. The predicted octanol–water partition coefficient (Wildman–Crippen LogP) is 2.57. The summed E-state index contributed by atoms with van der Waals surface area (Å²) in [5.41, 5.74) is 8.57. The first-order chi connectivity index (χ1) is 8.74. The molecular formula is C15H24N2O. The molecule has 1 fully saturated rings. The minimum Gasteiger partial charge on any atom is -0.384 e. The minimum absolute atomic E-state index is 0.166. The predicted molar refractivity (Wildman–Crippen MR) is 75.9 cm³/mol. The number of rotatable bonds is 5. The van der Waals surface area contributed by atoms with Gasteiger partial charge in [-0.2, -0.15) is 0 Å². The zero-order chi connectivity index (χ0) is 13.0. The lowest BCUT2D eigenvalue weighted by molar-refractivity contribution is 0.161. The topological polar surface area (TPSA) is 38.5 Å². The van der Waals surface area contributed by atoms with Crippen LogP contribution in [0.5, 0.6) is 0 Å². The Balaban J connectivity index is 1.98. The van der Waals surface area contributed by atoms with Crippen LogP contribution in [0.2, 0.25) is 0 Å². The average molecular weight is 248 g/mol. The summed E-state index contributed by atoms with van der Waals surface area (Å²) in [6.07, 6.45) is 2.21. The van der Waals surface area contributed by atoms with E-state index in [0.717, 1.165) is 26.1 Å². The van der Waals surface area contributed by atoms with Crippen molar-refractivity contribution in [1.29, 1.82) is 0 Å². The Morgan fingerprint density at radius 1 is 1.39 bits per heavy atom. The van der Waals surface area contributed by atoms with Crippen LogP contribution in [0.25, 0.3) is 0 Å². The van der Waals surface area contributed by atoms with Crippen molar-refractivity contribution in [1.82, 2.24) is 0 Å². The summed E-state index contributed by atoms with van der Waals surface area (Å²) in [5.74, 6) is 0.674. The molecule has 0 amide bonds. The first-order valence-electron chi connectivity index (χ1n) is 6.84. The van der Waals surface area contributed by atoms with Gasteiger partial charge in [-0.05, 0) is 30.5 Å². The molecule has 100 valence electrons. The molecule has 1 saturated heterocycles. The summed E-state index contributed by atoms with van der Waals surface area (Å²) in [6.45, 7) is 5.23. The van der Waals surface area contributed by atoms with E-state index < -0.39 is 0 Å². The van der Waals surface area contributed by atoms with Crippen molar-refractivity contribution in [3.63, 3.8) is 0 Å². The highest BCUT2D eigenvalue weighted by Crippen LogP contribution is 2.25. The van der Waals surface area contributed by atoms with Crippen LogP contribution >= 0.6 is 0 Å². The van der Waals surface area contributed by atoms with Crippen LogP contribution in [-0.2, 0) is 4.74 Å². The van der Waals surface area contributed by atoms with Crippen LogP contribution in [0, 0.1) is 5.92 Å². The molecule has 18 heavy (non-hydrogen) atoms. The molecule has 1 unspecified atom stereocenters. The van der Waals surface area contributed by atoms with Gasteiger partial charge in [-0.3, -0.25) is 0 Å². The van der Waals surface area contributed by atoms with Gasteiger partial charge in [0, 0.05) is 37.8 Å². The third kappa shape index (κ3) is 3.03. The highest BCUT2D eigenvalue weighted by Gasteiger charge is 2.22. The molecule has 3 heteroatoms. The average Bonchev–Trinajstić information content (AvgIpc) is 2.87. The lowest BCUT2D eigenvalue weighted by Gasteiger charge is -2.19. The summed E-state index contributed by atoms with van der Waals surface area (Å²) in [7, 11) is 1.78. The van der Waals surface area contributed by atoms with E-state index in [1.165, 1.54) is 17.7 Å². The number of hydrogen-bond donors (Lipinski definition) is 1. The van der Waals surface area contributed by atoms with Gasteiger partial charge in [0.1, 0.15) is 0 Å². The minimum atomic E-state index is 0.166. The Morgan fingerprint density at radius 3 is 2.72 bits per heavy atom. The van der Waals surface area contributed by atoms with Crippen LogP contribution in [0.15, 0.2) is 24.3 Å². The van der Waals surface area contributed by atoms with Crippen LogP contribution in [0.4, 0.5) is 5.69 Å². The van der Waals surface area contributed by atoms with E-state index in [1.807, 2.05) is 0 Å². The lowest BCUT2D eigenvalue weighted by Crippen LogP contribution is -2.21. The van der Waals surface area contributed by atoms with E-state index in [2.05, 4.69) is 36.1 Å². The van der Waals surface area contributed by atoms with Gasteiger partial charge >= 0.3 is 0 Å². The summed E-state index contributed by atoms with van der Waals surface area (Å²) in [4.78, 5) is 2.44.